The minimum Gasteiger partial charge on any atom is -0.487 e. The van der Waals surface area contributed by atoms with Crippen LogP contribution in [0.15, 0.2) is 53.4 Å². The van der Waals surface area contributed by atoms with Gasteiger partial charge in [-0.15, -0.1) is 0 Å². The lowest BCUT2D eigenvalue weighted by Gasteiger charge is -2.04. The summed E-state index contributed by atoms with van der Waals surface area (Å²) in [6.45, 7) is 2.53. The van der Waals surface area contributed by atoms with E-state index in [9.17, 15) is 0 Å². The van der Waals surface area contributed by atoms with E-state index in [1.165, 1.54) is 5.56 Å². The van der Waals surface area contributed by atoms with Crippen LogP contribution in [0.2, 0.25) is 0 Å². The Morgan fingerprint density at radius 3 is 2.79 bits per heavy atom. The first-order valence-electron chi connectivity index (χ1n) is 6.05. The maximum atomic E-state index is 5.76. The Morgan fingerprint density at radius 2 is 2.00 bits per heavy atom. The quantitative estimate of drug-likeness (QED) is 0.730. The SMILES string of the molecule is Cc1ccn2c(Br)nc(COc3ccccc3)c2c1. The standard InChI is InChI=1S/C15H13BrN2O/c1-11-7-8-18-14(9-11)13(17-15(18)16)10-19-12-5-3-2-4-6-12/h2-9H,10H2,1H3. The molecule has 4 heteroatoms. The molecule has 3 rings (SSSR count). The normalized spacial score (nSPS) is 10.8. The number of fused-ring (bicyclic) bond motifs is 1. The lowest BCUT2D eigenvalue weighted by molar-refractivity contribution is 0.303. The van der Waals surface area contributed by atoms with Crippen LogP contribution in [-0.2, 0) is 6.61 Å². The smallest absolute Gasteiger partial charge is 0.182 e. The molecule has 3 nitrogen and oxygen atoms in total. The number of rotatable bonds is 3. The van der Waals surface area contributed by atoms with Gasteiger partial charge >= 0.3 is 0 Å². The maximum absolute atomic E-state index is 5.76. The zero-order chi connectivity index (χ0) is 13.2. The molecule has 0 saturated carbocycles. The van der Waals surface area contributed by atoms with Crippen LogP contribution >= 0.6 is 15.9 Å². The van der Waals surface area contributed by atoms with E-state index < -0.39 is 0 Å². The van der Waals surface area contributed by atoms with Crippen molar-refractivity contribution in [2.75, 3.05) is 0 Å². The Bertz CT molecular complexity index is 707. The highest BCUT2D eigenvalue weighted by atomic mass is 79.9. The molecule has 0 aliphatic heterocycles. The first-order chi connectivity index (χ1) is 9.24. The van der Waals surface area contributed by atoms with Crippen molar-refractivity contribution in [3.8, 4) is 5.75 Å². The van der Waals surface area contributed by atoms with Crippen LogP contribution in [0, 0.1) is 6.92 Å². The van der Waals surface area contributed by atoms with Crippen LogP contribution in [0.1, 0.15) is 11.3 Å². The van der Waals surface area contributed by atoms with E-state index in [4.69, 9.17) is 4.74 Å². The average Bonchev–Trinajstić information content (AvgIpc) is 2.74. The molecule has 96 valence electrons. The summed E-state index contributed by atoms with van der Waals surface area (Å²) in [6.07, 6.45) is 2.01. The lowest BCUT2D eigenvalue weighted by Crippen LogP contribution is -1.96. The highest BCUT2D eigenvalue weighted by Gasteiger charge is 2.09. The molecule has 19 heavy (non-hydrogen) atoms. The second kappa shape index (κ2) is 5.05. The van der Waals surface area contributed by atoms with Crippen LogP contribution in [0.25, 0.3) is 5.52 Å². The number of hydrogen-bond acceptors (Lipinski definition) is 2. The number of nitrogens with zero attached hydrogens (tertiary/aromatic N) is 2. The molecule has 0 N–H and O–H groups in total. The van der Waals surface area contributed by atoms with E-state index in [2.05, 4.69) is 40.0 Å². The number of ether oxygens (including phenoxy) is 1. The first kappa shape index (κ1) is 12.2. The van der Waals surface area contributed by atoms with Gasteiger partial charge in [-0.1, -0.05) is 18.2 Å². The third-order valence-electron chi connectivity index (χ3n) is 2.95. The van der Waals surface area contributed by atoms with Crippen molar-refractivity contribution in [2.24, 2.45) is 0 Å². The predicted octanol–water partition coefficient (Wildman–Crippen LogP) is 3.98. The molecule has 0 unspecified atom stereocenters. The van der Waals surface area contributed by atoms with Crippen LogP contribution in [0.5, 0.6) is 5.75 Å². The average molecular weight is 317 g/mol. The second-order valence-corrected chi connectivity index (χ2v) is 5.10. The third-order valence-corrected chi connectivity index (χ3v) is 3.51. The molecule has 2 heterocycles. The molecule has 0 aliphatic rings. The second-order valence-electron chi connectivity index (χ2n) is 4.39. The molecule has 0 amide bonds. The Labute approximate surface area is 120 Å². The Balaban J connectivity index is 1.91. The molecule has 0 spiro atoms. The van der Waals surface area contributed by atoms with Crippen molar-refractivity contribution < 1.29 is 4.74 Å². The minimum absolute atomic E-state index is 0.461. The minimum atomic E-state index is 0.461. The zero-order valence-corrected chi connectivity index (χ0v) is 12.1. The predicted molar refractivity (Wildman–Crippen MR) is 78.4 cm³/mol. The summed E-state index contributed by atoms with van der Waals surface area (Å²) in [5.41, 5.74) is 3.21. The van der Waals surface area contributed by atoms with Gasteiger partial charge in [0.05, 0.1) is 5.52 Å². The van der Waals surface area contributed by atoms with E-state index in [0.717, 1.165) is 21.7 Å². The monoisotopic (exact) mass is 316 g/mol. The molecule has 2 aromatic heterocycles. The summed E-state index contributed by atoms with van der Waals surface area (Å²) < 4.78 is 8.57. The molecule has 3 aromatic rings. The van der Waals surface area contributed by atoms with Crippen LogP contribution in [0.4, 0.5) is 0 Å². The zero-order valence-electron chi connectivity index (χ0n) is 10.5. The van der Waals surface area contributed by atoms with E-state index in [1.54, 1.807) is 0 Å². The van der Waals surface area contributed by atoms with Crippen molar-refractivity contribution in [3.05, 3.63) is 64.7 Å². The van der Waals surface area contributed by atoms with E-state index in [-0.39, 0.29) is 0 Å². The van der Waals surface area contributed by atoms with Crippen molar-refractivity contribution in [2.45, 2.75) is 13.5 Å². The van der Waals surface area contributed by atoms with Crippen molar-refractivity contribution >= 4 is 21.4 Å². The Morgan fingerprint density at radius 1 is 1.21 bits per heavy atom. The van der Waals surface area contributed by atoms with Gasteiger partial charge in [0.15, 0.2) is 4.73 Å². The Kier molecular flexibility index (Phi) is 3.25. The number of aryl methyl sites for hydroxylation is 1. The molecule has 0 fully saturated rings. The first-order valence-corrected chi connectivity index (χ1v) is 6.84. The van der Waals surface area contributed by atoms with Gasteiger partial charge in [-0.3, -0.25) is 4.40 Å². The number of pyridine rings is 1. The molecular formula is C15H13BrN2O. The third kappa shape index (κ3) is 2.49. The molecule has 0 bridgehead atoms. The van der Waals surface area contributed by atoms with Gasteiger partial charge in [-0.2, -0.15) is 0 Å². The maximum Gasteiger partial charge on any atom is 0.182 e. The van der Waals surface area contributed by atoms with Crippen molar-refractivity contribution in [3.63, 3.8) is 0 Å². The summed E-state index contributed by atoms with van der Waals surface area (Å²) in [5.74, 6) is 0.854. The summed E-state index contributed by atoms with van der Waals surface area (Å²) in [4.78, 5) is 4.50. The summed E-state index contributed by atoms with van der Waals surface area (Å²) in [6, 6.07) is 13.9. The van der Waals surface area contributed by atoms with Gasteiger partial charge in [0.25, 0.3) is 0 Å². The van der Waals surface area contributed by atoms with E-state index in [0.29, 0.717) is 6.61 Å². The fraction of sp³-hybridized carbons (Fsp3) is 0.133. The van der Waals surface area contributed by atoms with Crippen molar-refractivity contribution in [1.82, 2.24) is 9.38 Å². The highest BCUT2D eigenvalue weighted by Crippen LogP contribution is 2.20. The number of para-hydroxylation sites is 1. The van der Waals surface area contributed by atoms with Crippen molar-refractivity contribution in [1.29, 1.82) is 0 Å². The van der Waals surface area contributed by atoms with Gasteiger partial charge in [-0.05, 0) is 52.7 Å². The van der Waals surface area contributed by atoms with Gasteiger partial charge in [0, 0.05) is 6.20 Å². The van der Waals surface area contributed by atoms with E-state index >= 15 is 0 Å². The molecule has 0 atom stereocenters. The van der Waals surface area contributed by atoms with Gasteiger partial charge in [0.2, 0.25) is 0 Å². The summed E-state index contributed by atoms with van der Waals surface area (Å²) in [5, 5.41) is 0. The van der Waals surface area contributed by atoms with Gasteiger partial charge in [-0.25, -0.2) is 4.98 Å². The fourth-order valence-electron chi connectivity index (χ4n) is 1.99. The van der Waals surface area contributed by atoms with Crippen LogP contribution < -0.4 is 4.74 Å². The Hall–Kier alpha value is -1.81. The van der Waals surface area contributed by atoms with E-state index in [1.807, 2.05) is 40.9 Å². The molecule has 0 saturated heterocycles. The molecule has 0 aliphatic carbocycles. The largest absolute Gasteiger partial charge is 0.487 e. The number of benzene rings is 1. The van der Waals surface area contributed by atoms with Crippen LogP contribution in [-0.4, -0.2) is 9.38 Å². The molecule has 1 aromatic carbocycles. The molecule has 0 radical (unpaired) electrons. The van der Waals surface area contributed by atoms with Gasteiger partial charge in [0.1, 0.15) is 18.1 Å². The fourth-order valence-corrected chi connectivity index (χ4v) is 2.51. The van der Waals surface area contributed by atoms with Gasteiger partial charge < -0.3 is 4.74 Å². The number of imidazole rings is 1. The topological polar surface area (TPSA) is 26.5 Å². The number of halogens is 1. The molecular weight excluding hydrogens is 304 g/mol. The lowest BCUT2D eigenvalue weighted by atomic mass is 10.2. The summed E-state index contributed by atoms with van der Waals surface area (Å²) >= 11 is 3.46. The number of aromatic nitrogens is 2. The van der Waals surface area contributed by atoms with Crippen LogP contribution in [0.3, 0.4) is 0 Å². The highest BCUT2D eigenvalue weighted by molar-refractivity contribution is 9.10. The summed E-state index contributed by atoms with van der Waals surface area (Å²) in [7, 11) is 0. The number of hydrogen-bond donors (Lipinski definition) is 0.